The molecule has 0 aromatic carbocycles. The lowest BCUT2D eigenvalue weighted by atomic mass is 9.86. The smallest absolute Gasteiger partial charge is 0.226 e. The highest BCUT2D eigenvalue weighted by atomic mass is 19.1. The van der Waals surface area contributed by atoms with Crippen molar-refractivity contribution < 1.29 is 14.3 Å². The summed E-state index contributed by atoms with van der Waals surface area (Å²) >= 11 is 0. The zero-order valence-corrected chi connectivity index (χ0v) is 10.8. The maximum atomic E-state index is 13.3. The van der Waals surface area contributed by atoms with Gasteiger partial charge in [-0.1, -0.05) is 12.8 Å². The third-order valence-electron chi connectivity index (χ3n) is 3.59. The lowest BCUT2D eigenvalue weighted by Crippen LogP contribution is -2.37. The molecule has 19 heavy (non-hydrogen) atoms. The van der Waals surface area contributed by atoms with Crippen LogP contribution in [-0.2, 0) is 11.2 Å². The SMILES string of the molecule is O=C(Cc1ncccc1F)NC[C@@H]1CCCC[C@H]1O. The first-order chi connectivity index (χ1) is 9.16. The Morgan fingerprint density at radius 3 is 3.00 bits per heavy atom. The van der Waals surface area contributed by atoms with Crippen LogP contribution in [0, 0.1) is 11.7 Å². The van der Waals surface area contributed by atoms with Crippen molar-refractivity contribution in [2.24, 2.45) is 5.92 Å². The lowest BCUT2D eigenvalue weighted by molar-refractivity contribution is -0.121. The van der Waals surface area contributed by atoms with Crippen molar-refractivity contribution in [2.45, 2.75) is 38.2 Å². The molecule has 1 aromatic heterocycles. The van der Waals surface area contributed by atoms with Gasteiger partial charge in [0.1, 0.15) is 5.82 Å². The molecule has 2 N–H and O–H groups in total. The Balaban J connectivity index is 1.80. The van der Waals surface area contributed by atoms with Crippen LogP contribution in [0.5, 0.6) is 0 Å². The predicted molar refractivity (Wildman–Crippen MR) is 68.9 cm³/mol. The van der Waals surface area contributed by atoms with E-state index in [2.05, 4.69) is 10.3 Å². The Morgan fingerprint density at radius 2 is 2.26 bits per heavy atom. The standard InChI is InChI=1S/C14H19FN2O2/c15-11-5-3-7-16-12(11)8-14(19)17-9-10-4-1-2-6-13(10)18/h3,5,7,10,13,18H,1-2,4,6,8-9H2,(H,17,19)/t10-,13+/m0/s1. The number of hydrogen-bond acceptors (Lipinski definition) is 3. The Labute approximate surface area is 112 Å². The molecule has 0 spiro atoms. The average Bonchev–Trinajstić information content (AvgIpc) is 2.40. The van der Waals surface area contributed by atoms with Gasteiger partial charge in [0.25, 0.3) is 0 Å². The minimum absolute atomic E-state index is 0.0600. The number of hydrogen-bond donors (Lipinski definition) is 2. The summed E-state index contributed by atoms with van der Waals surface area (Å²) in [4.78, 5) is 15.6. The van der Waals surface area contributed by atoms with E-state index in [1.165, 1.54) is 18.3 Å². The normalized spacial score (nSPS) is 23.1. The Bertz CT molecular complexity index is 439. The molecule has 1 aromatic rings. The van der Waals surface area contributed by atoms with E-state index in [9.17, 15) is 14.3 Å². The fourth-order valence-electron chi connectivity index (χ4n) is 2.43. The summed E-state index contributed by atoms with van der Waals surface area (Å²) in [5, 5.41) is 12.5. The van der Waals surface area contributed by atoms with Crippen LogP contribution >= 0.6 is 0 Å². The Morgan fingerprint density at radius 1 is 1.47 bits per heavy atom. The molecule has 0 saturated heterocycles. The van der Waals surface area contributed by atoms with Crippen LogP contribution in [0.15, 0.2) is 18.3 Å². The number of amides is 1. The second-order valence-corrected chi connectivity index (χ2v) is 5.02. The Hall–Kier alpha value is -1.49. The fourth-order valence-corrected chi connectivity index (χ4v) is 2.43. The third kappa shape index (κ3) is 3.99. The van der Waals surface area contributed by atoms with E-state index in [-0.39, 0.29) is 30.0 Å². The maximum absolute atomic E-state index is 13.3. The number of carbonyl (C=O) groups is 1. The quantitative estimate of drug-likeness (QED) is 0.866. The number of rotatable bonds is 4. The van der Waals surface area contributed by atoms with Gasteiger partial charge in [-0.05, 0) is 25.0 Å². The average molecular weight is 266 g/mol. The van der Waals surface area contributed by atoms with Crippen LogP contribution in [0.3, 0.4) is 0 Å². The molecular weight excluding hydrogens is 247 g/mol. The molecule has 5 heteroatoms. The molecule has 0 radical (unpaired) electrons. The van der Waals surface area contributed by atoms with E-state index in [1.807, 2.05) is 0 Å². The van der Waals surface area contributed by atoms with Gasteiger partial charge < -0.3 is 10.4 Å². The summed E-state index contributed by atoms with van der Waals surface area (Å²) < 4.78 is 13.3. The van der Waals surface area contributed by atoms with Crippen molar-refractivity contribution in [3.05, 3.63) is 29.8 Å². The highest BCUT2D eigenvalue weighted by molar-refractivity contribution is 5.78. The van der Waals surface area contributed by atoms with Crippen molar-refractivity contribution in [3.8, 4) is 0 Å². The highest BCUT2D eigenvalue weighted by Gasteiger charge is 2.23. The molecule has 1 saturated carbocycles. The molecule has 1 aliphatic carbocycles. The van der Waals surface area contributed by atoms with E-state index in [4.69, 9.17) is 0 Å². The number of aliphatic hydroxyl groups is 1. The van der Waals surface area contributed by atoms with Crippen LogP contribution in [0.4, 0.5) is 4.39 Å². The molecule has 1 aliphatic rings. The van der Waals surface area contributed by atoms with E-state index in [0.29, 0.717) is 6.54 Å². The molecule has 2 rings (SSSR count). The topological polar surface area (TPSA) is 62.2 Å². The summed E-state index contributed by atoms with van der Waals surface area (Å²) in [6, 6.07) is 2.79. The first kappa shape index (κ1) is 13.9. The zero-order valence-electron chi connectivity index (χ0n) is 10.8. The van der Waals surface area contributed by atoms with Crippen molar-refractivity contribution in [3.63, 3.8) is 0 Å². The van der Waals surface area contributed by atoms with Crippen LogP contribution < -0.4 is 5.32 Å². The minimum Gasteiger partial charge on any atom is -0.393 e. The minimum atomic E-state index is -0.463. The molecule has 104 valence electrons. The monoisotopic (exact) mass is 266 g/mol. The number of halogens is 1. The number of carbonyl (C=O) groups excluding carboxylic acids is 1. The van der Waals surface area contributed by atoms with Gasteiger partial charge in [-0.25, -0.2) is 4.39 Å². The number of nitrogens with one attached hydrogen (secondary N) is 1. The first-order valence-corrected chi connectivity index (χ1v) is 6.71. The van der Waals surface area contributed by atoms with Gasteiger partial charge in [-0.3, -0.25) is 9.78 Å². The van der Waals surface area contributed by atoms with Crippen molar-refractivity contribution in [2.75, 3.05) is 6.54 Å². The van der Waals surface area contributed by atoms with Gasteiger partial charge in [0.15, 0.2) is 0 Å². The zero-order chi connectivity index (χ0) is 13.7. The summed E-state index contributed by atoms with van der Waals surface area (Å²) in [5.41, 5.74) is 0.157. The number of nitrogens with zero attached hydrogens (tertiary/aromatic N) is 1. The van der Waals surface area contributed by atoms with Crippen LogP contribution in [-0.4, -0.2) is 28.6 Å². The summed E-state index contributed by atoms with van der Waals surface area (Å²) in [6.07, 6.45) is 4.94. The molecular formula is C14H19FN2O2. The molecule has 0 aliphatic heterocycles. The van der Waals surface area contributed by atoms with Crippen molar-refractivity contribution in [1.82, 2.24) is 10.3 Å². The summed E-state index contributed by atoms with van der Waals surface area (Å²) in [7, 11) is 0. The second kappa shape index (κ2) is 6.61. The van der Waals surface area contributed by atoms with E-state index in [1.54, 1.807) is 0 Å². The third-order valence-corrected chi connectivity index (χ3v) is 3.59. The molecule has 1 fully saturated rings. The largest absolute Gasteiger partial charge is 0.393 e. The summed E-state index contributed by atoms with van der Waals surface area (Å²) in [6.45, 7) is 0.453. The number of aliphatic hydroxyl groups excluding tert-OH is 1. The first-order valence-electron chi connectivity index (χ1n) is 6.71. The van der Waals surface area contributed by atoms with Crippen LogP contribution in [0.2, 0.25) is 0 Å². The van der Waals surface area contributed by atoms with Crippen LogP contribution in [0.25, 0.3) is 0 Å². The second-order valence-electron chi connectivity index (χ2n) is 5.02. The van der Waals surface area contributed by atoms with Gasteiger partial charge in [-0.15, -0.1) is 0 Å². The van der Waals surface area contributed by atoms with E-state index >= 15 is 0 Å². The summed E-state index contributed by atoms with van der Waals surface area (Å²) in [5.74, 6) is -0.600. The van der Waals surface area contributed by atoms with Gasteiger partial charge in [-0.2, -0.15) is 0 Å². The van der Waals surface area contributed by atoms with E-state index in [0.717, 1.165) is 25.7 Å². The fraction of sp³-hybridized carbons (Fsp3) is 0.571. The molecule has 0 bridgehead atoms. The predicted octanol–water partition coefficient (Wildman–Crippen LogP) is 1.43. The number of aromatic nitrogens is 1. The van der Waals surface area contributed by atoms with Gasteiger partial charge in [0, 0.05) is 18.7 Å². The van der Waals surface area contributed by atoms with Crippen molar-refractivity contribution in [1.29, 1.82) is 0 Å². The molecule has 1 amide bonds. The van der Waals surface area contributed by atoms with E-state index < -0.39 is 5.82 Å². The number of pyridine rings is 1. The molecule has 2 atom stereocenters. The maximum Gasteiger partial charge on any atom is 0.226 e. The molecule has 1 heterocycles. The molecule has 4 nitrogen and oxygen atoms in total. The van der Waals surface area contributed by atoms with Gasteiger partial charge in [0.2, 0.25) is 5.91 Å². The molecule has 0 unspecified atom stereocenters. The highest BCUT2D eigenvalue weighted by Crippen LogP contribution is 2.23. The lowest BCUT2D eigenvalue weighted by Gasteiger charge is -2.27. The van der Waals surface area contributed by atoms with Crippen molar-refractivity contribution >= 4 is 5.91 Å². The van der Waals surface area contributed by atoms with Crippen LogP contribution in [0.1, 0.15) is 31.4 Å². The van der Waals surface area contributed by atoms with Gasteiger partial charge >= 0.3 is 0 Å². The Kier molecular flexibility index (Phi) is 4.85. The van der Waals surface area contributed by atoms with Gasteiger partial charge in [0.05, 0.1) is 18.2 Å².